The van der Waals surface area contributed by atoms with Crippen LogP contribution in [0, 0.1) is 27.3 Å². The molecule has 2 unspecified atom stereocenters. The Morgan fingerprint density at radius 1 is 0.975 bits per heavy atom. The fourth-order valence-corrected chi connectivity index (χ4v) is 13.5. The minimum atomic E-state index is -4.75. The van der Waals surface area contributed by atoms with E-state index in [0.29, 0.717) is 56.0 Å². The maximum absolute atomic E-state index is 15.0. The lowest BCUT2D eigenvalue weighted by Crippen LogP contribution is -2.74. The van der Waals surface area contributed by atoms with Gasteiger partial charge in [0, 0.05) is 99.8 Å². The van der Waals surface area contributed by atoms with Gasteiger partial charge >= 0.3 is 5.69 Å². The molecule has 5 fully saturated rings. The number of amides is 1. The van der Waals surface area contributed by atoms with Crippen molar-refractivity contribution >= 4 is 44.2 Å². The van der Waals surface area contributed by atoms with Crippen molar-refractivity contribution in [3.8, 4) is 23.1 Å². The number of rotatable bonds is 19. The minimum absolute atomic E-state index is 0.0102. The molecule has 2 aliphatic carbocycles. The highest BCUT2D eigenvalue weighted by Crippen LogP contribution is 2.49. The molecule has 418 valence electrons. The van der Waals surface area contributed by atoms with Crippen molar-refractivity contribution in [1.29, 1.82) is 0 Å². The van der Waals surface area contributed by atoms with Gasteiger partial charge in [0.25, 0.3) is 21.8 Å². The Bertz CT molecular complexity index is 3380. The highest BCUT2D eigenvalue weighted by molar-refractivity contribution is 7.90. The van der Waals surface area contributed by atoms with Crippen molar-refractivity contribution in [2.24, 2.45) is 11.3 Å². The average Bonchev–Trinajstić information content (AvgIpc) is 4.26. The smallest absolute Gasteiger partial charge is 0.312 e. The van der Waals surface area contributed by atoms with Gasteiger partial charge in [-0.3, -0.25) is 24.7 Å². The van der Waals surface area contributed by atoms with Crippen LogP contribution >= 0.6 is 0 Å². The number of nitrogens with one attached hydrogen (secondary N) is 3. The normalized spacial score (nSPS) is 22.3. The summed E-state index contributed by atoms with van der Waals surface area (Å²) in [5.74, 6) is 0.601. The van der Waals surface area contributed by atoms with Gasteiger partial charge in [0.05, 0.1) is 41.4 Å². The molecule has 4 N–H and O–H groups in total. The van der Waals surface area contributed by atoms with Crippen LogP contribution in [0.3, 0.4) is 0 Å². The van der Waals surface area contributed by atoms with Crippen LogP contribution in [0.1, 0.15) is 123 Å². The molecule has 0 bridgehead atoms. The van der Waals surface area contributed by atoms with Gasteiger partial charge in [0.15, 0.2) is 5.75 Å². The SMILES string of the molecule is CCOc1nc2[nH]cc(F)c2cc1Oc1cc(N2CC3(C2)CN(C2CCN(Cc4ccc(C5CC5)c(OC)c4)CC2c2ccccc2C(C)C)C3)ccc1C(=O)NS(=O)(=O)c1cnc(NCC2CCC(C)(O)CC2)c([N+](=O)[O-])c1. The number of aromatic nitrogens is 3. The zero-order chi connectivity index (χ0) is 55.4. The predicted molar refractivity (Wildman–Crippen MR) is 298 cm³/mol. The average molecular weight is 1100 g/mol. The number of ether oxygens (including phenoxy) is 3. The second-order valence-electron chi connectivity index (χ2n) is 23.2. The van der Waals surface area contributed by atoms with E-state index in [1.807, 2.05) is 0 Å². The third-order valence-electron chi connectivity index (χ3n) is 16.9. The number of H-pyrrole nitrogens is 1. The van der Waals surface area contributed by atoms with Crippen molar-refractivity contribution in [2.75, 3.05) is 69.7 Å². The lowest BCUT2D eigenvalue weighted by atomic mass is 9.69. The van der Waals surface area contributed by atoms with Gasteiger partial charge in [-0.2, -0.15) is 4.98 Å². The van der Waals surface area contributed by atoms with E-state index in [9.17, 15) is 28.4 Å². The summed E-state index contributed by atoms with van der Waals surface area (Å²) in [7, 11) is -2.98. The van der Waals surface area contributed by atoms with Crippen LogP contribution < -0.4 is 29.1 Å². The number of carbonyl (C=O) groups is 1. The lowest BCUT2D eigenvalue weighted by Gasteiger charge is -2.64. The van der Waals surface area contributed by atoms with Crippen LogP contribution in [-0.2, 0) is 16.6 Å². The van der Waals surface area contributed by atoms with Gasteiger partial charge in [0.1, 0.15) is 27.9 Å². The Hall–Kier alpha value is -6.87. The first-order chi connectivity index (χ1) is 37.9. The number of methoxy groups -OCH3 is 1. The highest BCUT2D eigenvalue weighted by Gasteiger charge is 2.55. The summed E-state index contributed by atoms with van der Waals surface area (Å²) in [4.78, 5) is 44.0. The van der Waals surface area contributed by atoms with E-state index >= 15 is 4.39 Å². The number of nitrogens with zero attached hydrogens (tertiary/aromatic N) is 6. The fraction of sp³-hybridized carbons (Fsp3) is 0.475. The molecule has 11 rings (SSSR count). The highest BCUT2D eigenvalue weighted by atomic mass is 32.2. The summed E-state index contributed by atoms with van der Waals surface area (Å²) < 4.78 is 63.1. The van der Waals surface area contributed by atoms with Gasteiger partial charge in [-0.15, -0.1) is 0 Å². The molecule has 6 heterocycles. The Balaban J connectivity index is 0.814. The van der Waals surface area contributed by atoms with Gasteiger partial charge < -0.3 is 34.5 Å². The first kappa shape index (κ1) is 54.1. The third kappa shape index (κ3) is 11.3. The number of fused-ring (bicyclic) bond motifs is 1. The van der Waals surface area contributed by atoms with E-state index in [0.717, 1.165) is 82.1 Å². The summed E-state index contributed by atoms with van der Waals surface area (Å²) in [6, 6.07) is 23.2. The molecule has 3 saturated heterocycles. The minimum Gasteiger partial charge on any atom is -0.496 e. The number of sulfonamides is 1. The van der Waals surface area contributed by atoms with E-state index in [1.54, 1.807) is 33.1 Å². The number of benzene rings is 3. The zero-order valence-corrected chi connectivity index (χ0v) is 46.3. The second-order valence-corrected chi connectivity index (χ2v) is 24.9. The number of hydrogen-bond donors (Lipinski definition) is 4. The second kappa shape index (κ2) is 21.6. The first-order valence-corrected chi connectivity index (χ1v) is 29.1. The van der Waals surface area contributed by atoms with E-state index in [1.165, 1.54) is 47.2 Å². The molecule has 3 aromatic heterocycles. The summed E-state index contributed by atoms with van der Waals surface area (Å²) in [5.41, 5.74) is 4.85. The summed E-state index contributed by atoms with van der Waals surface area (Å²) in [5, 5.41) is 25.7. The molecule has 0 radical (unpaired) electrons. The lowest BCUT2D eigenvalue weighted by molar-refractivity contribution is -0.384. The van der Waals surface area contributed by atoms with Crippen molar-refractivity contribution in [2.45, 2.75) is 113 Å². The summed E-state index contributed by atoms with van der Waals surface area (Å²) in [6.45, 7) is 14.7. The Kier molecular flexibility index (Phi) is 14.8. The molecule has 5 aliphatic rings. The van der Waals surface area contributed by atoms with Crippen LogP contribution in [0.25, 0.3) is 11.0 Å². The molecule has 2 atom stereocenters. The van der Waals surface area contributed by atoms with E-state index in [-0.39, 0.29) is 57.7 Å². The molecular weight excluding hydrogens is 1030 g/mol. The predicted octanol–water partition coefficient (Wildman–Crippen LogP) is 9.86. The summed E-state index contributed by atoms with van der Waals surface area (Å²) >= 11 is 0. The van der Waals surface area contributed by atoms with Gasteiger partial charge in [0.2, 0.25) is 5.82 Å². The topological polar surface area (TPSA) is 218 Å². The third-order valence-corrected chi connectivity index (χ3v) is 18.2. The maximum Gasteiger partial charge on any atom is 0.312 e. The molecule has 20 heteroatoms. The van der Waals surface area contributed by atoms with Crippen LogP contribution in [0.5, 0.6) is 23.1 Å². The first-order valence-electron chi connectivity index (χ1n) is 27.7. The van der Waals surface area contributed by atoms with E-state index in [4.69, 9.17) is 14.2 Å². The number of aliphatic hydroxyl groups is 1. The molecule has 3 aromatic carbocycles. The zero-order valence-electron chi connectivity index (χ0n) is 45.5. The van der Waals surface area contributed by atoms with Crippen LogP contribution in [0.4, 0.5) is 21.6 Å². The molecule has 2 saturated carbocycles. The molecule has 1 amide bonds. The number of pyridine rings is 2. The fourth-order valence-electron chi connectivity index (χ4n) is 12.5. The molecular formula is C59H70FN9O9S. The molecule has 6 aromatic rings. The Labute approximate surface area is 460 Å². The van der Waals surface area contributed by atoms with E-state index < -0.39 is 42.9 Å². The number of halogens is 1. The van der Waals surface area contributed by atoms with Crippen LogP contribution in [0.15, 0.2) is 90.1 Å². The molecule has 79 heavy (non-hydrogen) atoms. The number of nitro groups is 1. The standard InChI is InChI=1S/C59H70FN9O9S/c1-6-77-57-53(26-46-48(60)29-63-54(46)64-57)78-52-24-40(14-16-45(52)56(70)65-79(74,75)41-25-50(69(72)73)55(62-28-41)61-27-37-17-20-58(4,71)21-18-37)67-32-59(33-67)34-68(35-59)49-19-22-66(31-47(49)44-10-8-7-9-42(44)36(2)3)30-38-11-15-43(39-12-13-39)51(23-38)76-5/h7-11,14-16,23-26,28-29,36-37,39,47,49,71H,6,12-13,17-22,27,30-35H2,1-5H3,(H,61,62)(H,63,64)(H,65,70). The number of hydrogen-bond acceptors (Lipinski definition) is 15. The number of carbonyl (C=O) groups excluding carboxylic acids is 1. The summed E-state index contributed by atoms with van der Waals surface area (Å²) in [6.07, 6.45) is 8.21. The van der Waals surface area contributed by atoms with Crippen molar-refractivity contribution in [1.82, 2.24) is 29.5 Å². The quantitative estimate of drug-likeness (QED) is 0.0438. The number of likely N-dealkylation sites (tertiary alicyclic amines) is 2. The number of anilines is 2. The van der Waals surface area contributed by atoms with Crippen molar-refractivity contribution in [3.63, 3.8) is 0 Å². The molecule has 1 spiro atoms. The van der Waals surface area contributed by atoms with Crippen molar-refractivity contribution < 1.29 is 41.8 Å². The molecule has 3 aliphatic heterocycles. The van der Waals surface area contributed by atoms with Crippen LogP contribution in [0.2, 0.25) is 0 Å². The van der Waals surface area contributed by atoms with Gasteiger partial charge in [-0.05, 0) is 117 Å². The van der Waals surface area contributed by atoms with Crippen LogP contribution in [-0.4, -0.2) is 120 Å². The largest absolute Gasteiger partial charge is 0.496 e. The monoisotopic (exact) mass is 1100 g/mol. The van der Waals surface area contributed by atoms with E-state index in [2.05, 4.69) is 96.0 Å². The van der Waals surface area contributed by atoms with Gasteiger partial charge in [-0.1, -0.05) is 50.2 Å². The maximum atomic E-state index is 15.0. The Morgan fingerprint density at radius 3 is 2.47 bits per heavy atom. The number of aromatic amines is 1. The molecule has 18 nitrogen and oxygen atoms in total. The van der Waals surface area contributed by atoms with Gasteiger partial charge in [-0.25, -0.2) is 22.5 Å². The number of piperidine rings is 1. The van der Waals surface area contributed by atoms with Crippen molar-refractivity contribution in [3.05, 3.63) is 129 Å². The Morgan fingerprint density at radius 2 is 1.75 bits per heavy atom.